The molecule has 5 heteroatoms. The van der Waals surface area contributed by atoms with Gasteiger partial charge in [0, 0.05) is 12.1 Å². The van der Waals surface area contributed by atoms with Gasteiger partial charge in [0.15, 0.2) is 0 Å². The Bertz CT molecular complexity index is 507. The lowest BCUT2D eigenvalue weighted by Crippen LogP contribution is -2.43. The summed E-state index contributed by atoms with van der Waals surface area (Å²) in [4.78, 5) is 24.8. The molecule has 1 aromatic carbocycles. The number of nitrogens with zero attached hydrogens (tertiary/aromatic N) is 1. The van der Waals surface area contributed by atoms with Gasteiger partial charge in [0.2, 0.25) is 0 Å². The number of benzene rings is 1. The monoisotopic (exact) mass is 319 g/mol. The van der Waals surface area contributed by atoms with Crippen LogP contribution in [0.5, 0.6) is 0 Å². The second-order valence-corrected chi connectivity index (χ2v) is 6.50. The van der Waals surface area contributed by atoms with Crippen molar-refractivity contribution in [2.24, 2.45) is 0 Å². The third kappa shape index (κ3) is 3.74. The standard InChI is InChI=1S/C18H25NO4/c1-19-14-8-9-15(19)11-16(10-14)23-18(20)17(12-22-21-2)13-6-4-3-5-7-13/h3-7,14-17H,8-12H2,1-2H3/t14-,15+,16?,17?. The molecule has 3 rings (SSSR count). The highest BCUT2D eigenvalue weighted by molar-refractivity contribution is 5.78. The lowest BCUT2D eigenvalue weighted by atomic mass is 9.98. The maximum Gasteiger partial charge on any atom is 0.316 e. The number of carbonyl (C=O) groups excluding carboxylic acids is 1. The molecule has 2 aliphatic heterocycles. The maximum absolute atomic E-state index is 12.7. The summed E-state index contributed by atoms with van der Waals surface area (Å²) in [6.45, 7) is 0.166. The first-order valence-corrected chi connectivity index (χ1v) is 8.32. The van der Waals surface area contributed by atoms with Crippen molar-refractivity contribution in [3.8, 4) is 0 Å². The molecule has 0 radical (unpaired) electrons. The van der Waals surface area contributed by atoms with Gasteiger partial charge in [-0.05, 0) is 38.3 Å². The molecule has 0 saturated carbocycles. The highest BCUT2D eigenvalue weighted by Gasteiger charge is 2.40. The molecule has 0 aromatic heterocycles. The average molecular weight is 319 g/mol. The van der Waals surface area contributed by atoms with Crippen LogP contribution in [0.3, 0.4) is 0 Å². The zero-order valence-electron chi connectivity index (χ0n) is 13.8. The first-order valence-electron chi connectivity index (χ1n) is 8.32. The third-order valence-electron chi connectivity index (χ3n) is 5.18. The van der Waals surface area contributed by atoms with Crippen molar-refractivity contribution in [3.05, 3.63) is 35.9 Å². The summed E-state index contributed by atoms with van der Waals surface area (Å²) in [6.07, 6.45) is 4.32. The molecule has 2 aliphatic rings. The number of rotatable bonds is 6. The van der Waals surface area contributed by atoms with Gasteiger partial charge in [0.1, 0.15) is 12.0 Å². The van der Waals surface area contributed by atoms with Crippen LogP contribution in [-0.4, -0.2) is 49.8 Å². The maximum atomic E-state index is 12.7. The molecular formula is C18H25NO4. The summed E-state index contributed by atoms with van der Waals surface area (Å²) in [5.41, 5.74) is 0.894. The van der Waals surface area contributed by atoms with E-state index in [-0.39, 0.29) is 18.7 Å². The molecule has 126 valence electrons. The Balaban J connectivity index is 1.64. The molecule has 0 aliphatic carbocycles. The largest absolute Gasteiger partial charge is 0.462 e. The van der Waals surface area contributed by atoms with Gasteiger partial charge < -0.3 is 9.64 Å². The van der Waals surface area contributed by atoms with E-state index >= 15 is 0 Å². The van der Waals surface area contributed by atoms with Crippen LogP contribution in [0.25, 0.3) is 0 Å². The number of esters is 1. The van der Waals surface area contributed by atoms with Crippen molar-refractivity contribution in [1.29, 1.82) is 0 Å². The summed E-state index contributed by atoms with van der Waals surface area (Å²) in [5, 5.41) is 0. The van der Waals surface area contributed by atoms with Crippen LogP contribution in [0, 0.1) is 0 Å². The summed E-state index contributed by atoms with van der Waals surface area (Å²) >= 11 is 0. The van der Waals surface area contributed by atoms with Crippen LogP contribution in [0.15, 0.2) is 30.3 Å². The lowest BCUT2D eigenvalue weighted by Gasteiger charge is -2.36. The van der Waals surface area contributed by atoms with E-state index in [2.05, 4.69) is 16.8 Å². The molecule has 0 spiro atoms. The average Bonchev–Trinajstić information content (AvgIpc) is 2.77. The normalized spacial score (nSPS) is 28.5. The summed E-state index contributed by atoms with van der Waals surface area (Å²) < 4.78 is 5.83. The van der Waals surface area contributed by atoms with Crippen molar-refractivity contribution >= 4 is 5.97 Å². The molecule has 0 amide bonds. The molecule has 2 fully saturated rings. The van der Waals surface area contributed by atoms with E-state index in [0.29, 0.717) is 12.1 Å². The second kappa shape index (κ2) is 7.43. The van der Waals surface area contributed by atoms with E-state index in [1.807, 2.05) is 30.3 Å². The van der Waals surface area contributed by atoms with Crippen molar-refractivity contribution in [1.82, 2.24) is 4.90 Å². The van der Waals surface area contributed by atoms with Crippen LogP contribution in [0.4, 0.5) is 0 Å². The Kier molecular flexibility index (Phi) is 5.30. The first kappa shape index (κ1) is 16.4. The molecule has 2 saturated heterocycles. The summed E-state index contributed by atoms with van der Waals surface area (Å²) in [5.74, 6) is -0.671. The minimum absolute atomic E-state index is 0.0185. The highest BCUT2D eigenvalue weighted by atomic mass is 17.2. The van der Waals surface area contributed by atoms with Crippen LogP contribution in [-0.2, 0) is 19.3 Å². The van der Waals surface area contributed by atoms with Crippen molar-refractivity contribution in [2.45, 2.75) is 49.8 Å². The van der Waals surface area contributed by atoms with E-state index in [1.54, 1.807) is 0 Å². The molecule has 5 nitrogen and oxygen atoms in total. The van der Waals surface area contributed by atoms with Gasteiger partial charge in [-0.25, -0.2) is 9.78 Å². The Hall–Kier alpha value is -1.43. The molecule has 0 N–H and O–H groups in total. The van der Waals surface area contributed by atoms with Crippen molar-refractivity contribution in [3.63, 3.8) is 0 Å². The van der Waals surface area contributed by atoms with Gasteiger partial charge in [0.05, 0.1) is 13.7 Å². The van der Waals surface area contributed by atoms with Crippen LogP contribution in [0.1, 0.15) is 37.2 Å². The quantitative estimate of drug-likeness (QED) is 0.458. The van der Waals surface area contributed by atoms with Crippen molar-refractivity contribution in [2.75, 3.05) is 20.8 Å². The van der Waals surface area contributed by atoms with Crippen molar-refractivity contribution < 1.29 is 19.3 Å². The van der Waals surface area contributed by atoms with Gasteiger partial charge in [-0.2, -0.15) is 0 Å². The fourth-order valence-electron chi connectivity index (χ4n) is 3.83. The number of piperidine rings is 1. The molecule has 4 atom stereocenters. The van der Waals surface area contributed by atoms with Crippen LogP contribution in [0.2, 0.25) is 0 Å². The van der Waals surface area contributed by atoms with Gasteiger partial charge in [0.25, 0.3) is 0 Å². The predicted molar refractivity (Wildman–Crippen MR) is 85.8 cm³/mol. The third-order valence-corrected chi connectivity index (χ3v) is 5.18. The van der Waals surface area contributed by atoms with E-state index in [9.17, 15) is 4.79 Å². The topological polar surface area (TPSA) is 48.0 Å². The molecule has 2 unspecified atom stereocenters. The first-order chi connectivity index (χ1) is 11.2. The number of hydrogen-bond acceptors (Lipinski definition) is 5. The minimum atomic E-state index is -0.451. The van der Waals surface area contributed by atoms with E-state index in [1.165, 1.54) is 20.0 Å². The zero-order chi connectivity index (χ0) is 16.2. The summed E-state index contributed by atoms with van der Waals surface area (Å²) in [7, 11) is 3.63. The molecule has 2 heterocycles. The molecule has 1 aromatic rings. The second-order valence-electron chi connectivity index (χ2n) is 6.50. The molecule has 2 bridgehead atoms. The molecular weight excluding hydrogens is 294 g/mol. The van der Waals surface area contributed by atoms with Crippen LogP contribution < -0.4 is 0 Å². The Morgan fingerprint density at radius 1 is 1.22 bits per heavy atom. The van der Waals surface area contributed by atoms with E-state index < -0.39 is 5.92 Å². The smallest absolute Gasteiger partial charge is 0.316 e. The Labute approximate surface area is 137 Å². The van der Waals surface area contributed by atoms with Gasteiger partial charge in [-0.1, -0.05) is 30.3 Å². The predicted octanol–water partition coefficient (Wildman–Crippen LogP) is 2.52. The molecule has 23 heavy (non-hydrogen) atoms. The lowest BCUT2D eigenvalue weighted by molar-refractivity contribution is -0.275. The number of ether oxygens (including phenoxy) is 1. The Morgan fingerprint density at radius 2 is 1.87 bits per heavy atom. The SMILES string of the molecule is COOCC(C(=O)OC1C[C@H]2CC[C@@H](C1)N2C)c1ccccc1. The van der Waals surface area contributed by atoms with E-state index in [4.69, 9.17) is 9.62 Å². The number of fused-ring (bicyclic) bond motifs is 2. The van der Waals surface area contributed by atoms with Gasteiger partial charge in [-0.15, -0.1) is 0 Å². The minimum Gasteiger partial charge on any atom is -0.462 e. The van der Waals surface area contributed by atoms with Gasteiger partial charge >= 0.3 is 5.97 Å². The van der Waals surface area contributed by atoms with Gasteiger partial charge in [-0.3, -0.25) is 4.79 Å². The number of hydrogen-bond donors (Lipinski definition) is 0. The highest BCUT2D eigenvalue weighted by Crippen LogP contribution is 2.36. The number of carbonyl (C=O) groups is 1. The van der Waals surface area contributed by atoms with E-state index in [0.717, 1.165) is 18.4 Å². The zero-order valence-corrected chi connectivity index (χ0v) is 13.8. The fraction of sp³-hybridized carbons (Fsp3) is 0.611. The Morgan fingerprint density at radius 3 is 2.48 bits per heavy atom. The fourth-order valence-corrected chi connectivity index (χ4v) is 3.83. The van der Waals surface area contributed by atoms with Crippen LogP contribution >= 0.6 is 0 Å². The summed E-state index contributed by atoms with van der Waals surface area (Å²) in [6, 6.07) is 10.7.